The molecule has 9 atom stereocenters. The molecule has 3 nitrogen and oxygen atoms in total. The van der Waals surface area contributed by atoms with Gasteiger partial charge in [0.15, 0.2) is 0 Å². The molecule has 35 heavy (non-hydrogen) atoms. The molecule has 0 bridgehead atoms. The first kappa shape index (κ1) is 24.2. The van der Waals surface area contributed by atoms with Crippen LogP contribution in [0.15, 0.2) is 40.4 Å². The second-order valence-corrected chi connectivity index (χ2v) is 14.2. The van der Waals surface area contributed by atoms with Gasteiger partial charge in [-0.15, -0.1) is 0 Å². The summed E-state index contributed by atoms with van der Waals surface area (Å²) in [5.74, 6) is 4.23. The largest absolute Gasteiger partial charge is 0.396 e. The summed E-state index contributed by atoms with van der Waals surface area (Å²) < 4.78 is 0. The summed E-state index contributed by atoms with van der Waals surface area (Å²) in [6.07, 6.45) is 17.9. The second kappa shape index (κ2) is 8.42. The maximum atomic E-state index is 10.4. The summed E-state index contributed by atoms with van der Waals surface area (Å²) in [4.78, 5) is 4.35. The highest BCUT2D eigenvalue weighted by Crippen LogP contribution is 2.80. The zero-order valence-electron chi connectivity index (χ0n) is 22.3. The lowest BCUT2D eigenvalue weighted by Crippen LogP contribution is -2.53. The lowest BCUT2D eigenvalue weighted by atomic mass is 9.43. The molecular weight excluding hydrogens is 430 g/mol. The smallest absolute Gasteiger partial charge is 0.0576 e. The molecule has 6 aliphatic rings. The summed E-state index contributed by atoms with van der Waals surface area (Å²) >= 11 is 0. The van der Waals surface area contributed by atoms with Gasteiger partial charge in [-0.25, -0.2) is 0 Å². The molecule has 0 radical (unpaired) electrons. The summed E-state index contributed by atoms with van der Waals surface area (Å²) in [6.45, 7) is 13.7. The third-order valence-electron chi connectivity index (χ3n) is 12.1. The molecule has 3 heteroatoms. The van der Waals surface area contributed by atoms with Crippen LogP contribution in [0.4, 0.5) is 0 Å². The average Bonchev–Trinajstić information content (AvgIpc) is 3.19. The Bertz CT molecular complexity index is 974. The van der Waals surface area contributed by atoms with E-state index < -0.39 is 0 Å². The minimum atomic E-state index is 0.252. The molecule has 6 rings (SSSR count). The Balaban J connectivity index is 1.31. The number of nitrogens with zero attached hydrogens (tertiary/aromatic N) is 1. The van der Waals surface area contributed by atoms with E-state index in [1.807, 2.05) is 6.21 Å². The SMILES string of the molecule is C=C1C=C2C3(CCC(CC(CO)CC4=CCN=C4)C3)CC3C(CO)CCCC3C2(C)C2C1C2(C)C. The standard InChI is InChI=1S/C32H47NO2/c1-20-12-27-31(4,29-28(20)30(29,2)3)26-7-5-6-24(19-35)25(26)16-32(27)10-8-21(15-32)13-23(18-34)14-22-9-11-33-17-22/h9,12,17,21,23-26,28-29,34-35H,1,5-8,10-11,13-16,18-19H2,2-4H3. The molecule has 1 spiro atoms. The van der Waals surface area contributed by atoms with Crippen molar-refractivity contribution in [2.45, 2.75) is 78.6 Å². The Kier molecular flexibility index (Phi) is 5.81. The number of aliphatic imine (C=N–C) groups is 1. The van der Waals surface area contributed by atoms with Gasteiger partial charge in [-0.05, 0) is 115 Å². The van der Waals surface area contributed by atoms with E-state index in [1.54, 1.807) is 5.57 Å². The molecule has 0 aromatic carbocycles. The van der Waals surface area contributed by atoms with Crippen molar-refractivity contribution >= 4 is 6.21 Å². The van der Waals surface area contributed by atoms with Crippen molar-refractivity contribution in [3.05, 3.63) is 35.5 Å². The van der Waals surface area contributed by atoms with E-state index >= 15 is 0 Å². The van der Waals surface area contributed by atoms with Crippen LogP contribution >= 0.6 is 0 Å². The molecule has 2 N–H and O–H groups in total. The lowest BCUT2D eigenvalue weighted by Gasteiger charge is -2.61. The highest BCUT2D eigenvalue weighted by Gasteiger charge is 2.73. The molecule has 0 aromatic heterocycles. The number of fused-ring (bicyclic) bond motifs is 6. The lowest BCUT2D eigenvalue weighted by molar-refractivity contribution is -0.0541. The summed E-state index contributed by atoms with van der Waals surface area (Å²) in [5.41, 5.74) is 5.33. The van der Waals surface area contributed by atoms with Crippen LogP contribution in [0.1, 0.15) is 78.6 Å². The van der Waals surface area contributed by atoms with Crippen molar-refractivity contribution in [1.82, 2.24) is 0 Å². The van der Waals surface area contributed by atoms with Gasteiger partial charge in [-0.1, -0.05) is 57.1 Å². The number of hydrogen-bond acceptors (Lipinski definition) is 3. The normalized spacial score (nSPS) is 46.0. The van der Waals surface area contributed by atoms with Crippen LogP contribution in [0, 0.1) is 57.7 Å². The predicted octanol–water partition coefficient (Wildman–Crippen LogP) is 6.38. The van der Waals surface area contributed by atoms with E-state index in [0.717, 1.165) is 19.4 Å². The molecule has 0 amide bonds. The number of rotatable bonds is 6. The first-order valence-electron chi connectivity index (χ1n) is 14.6. The molecule has 5 aliphatic carbocycles. The van der Waals surface area contributed by atoms with Gasteiger partial charge in [-0.2, -0.15) is 0 Å². The van der Waals surface area contributed by atoms with Gasteiger partial charge in [0.1, 0.15) is 0 Å². The monoisotopic (exact) mass is 477 g/mol. The minimum Gasteiger partial charge on any atom is -0.396 e. The molecular formula is C32H47NO2. The zero-order chi connectivity index (χ0) is 24.6. The van der Waals surface area contributed by atoms with Gasteiger partial charge in [0.05, 0.1) is 6.54 Å². The van der Waals surface area contributed by atoms with Crippen molar-refractivity contribution in [3.8, 4) is 0 Å². The third kappa shape index (κ3) is 3.54. The molecule has 0 aromatic rings. The highest BCUT2D eigenvalue weighted by atomic mass is 16.3. The molecule has 0 saturated heterocycles. The van der Waals surface area contributed by atoms with Crippen LogP contribution in [0.3, 0.4) is 0 Å². The Hall–Kier alpha value is -1.19. The quantitative estimate of drug-likeness (QED) is 0.467. The molecule has 9 unspecified atom stereocenters. The molecule has 1 aliphatic heterocycles. The van der Waals surface area contributed by atoms with Gasteiger partial charge >= 0.3 is 0 Å². The predicted molar refractivity (Wildman–Crippen MR) is 143 cm³/mol. The Morgan fingerprint density at radius 2 is 1.97 bits per heavy atom. The zero-order valence-corrected chi connectivity index (χ0v) is 22.3. The van der Waals surface area contributed by atoms with Gasteiger partial charge < -0.3 is 10.2 Å². The molecule has 192 valence electrons. The van der Waals surface area contributed by atoms with Crippen molar-refractivity contribution in [3.63, 3.8) is 0 Å². The summed E-state index contributed by atoms with van der Waals surface area (Å²) in [7, 11) is 0. The van der Waals surface area contributed by atoms with E-state index in [9.17, 15) is 10.2 Å². The van der Waals surface area contributed by atoms with Crippen molar-refractivity contribution in [2.24, 2.45) is 62.7 Å². The molecule has 1 heterocycles. The van der Waals surface area contributed by atoms with Gasteiger partial charge in [-0.3, -0.25) is 4.99 Å². The van der Waals surface area contributed by atoms with Crippen molar-refractivity contribution in [2.75, 3.05) is 19.8 Å². The van der Waals surface area contributed by atoms with Crippen molar-refractivity contribution in [1.29, 1.82) is 0 Å². The van der Waals surface area contributed by atoms with Crippen molar-refractivity contribution < 1.29 is 10.2 Å². The number of aliphatic hydroxyl groups excluding tert-OH is 2. The van der Waals surface area contributed by atoms with E-state index in [1.165, 1.54) is 56.1 Å². The van der Waals surface area contributed by atoms with Gasteiger partial charge in [0.2, 0.25) is 0 Å². The van der Waals surface area contributed by atoms with Crippen LogP contribution in [0.25, 0.3) is 0 Å². The van der Waals surface area contributed by atoms with E-state index in [0.29, 0.717) is 53.4 Å². The first-order chi connectivity index (χ1) is 16.7. The Morgan fingerprint density at radius 1 is 1.14 bits per heavy atom. The maximum Gasteiger partial charge on any atom is 0.0576 e. The van der Waals surface area contributed by atoms with Crippen LogP contribution < -0.4 is 0 Å². The fourth-order valence-electron chi connectivity index (χ4n) is 10.8. The summed E-state index contributed by atoms with van der Waals surface area (Å²) in [5, 5.41) is 20.6. The minimum absolute atomic E-state index is 0.252. The van der Waals surface area contributed by atoms with Crippen LogP contribution in [-0.2, 0) is 0 Å². The van der Waals surface area contributed by atoms with E-state index in [4.69, 9.17) is 0 Å². The van der Waals surface area contributed by atoms with Crippen LogP contribution in [0.5, 0.6) is 0 Å². The fourth-order valence-corrected chi connectivity index (χ4v) is 10.8. The fraction of sp³-hybridized carbons (Fsp3) is 0.781. The molecule has 4 saturated carbocycles. The third-order valence-corrected chi connectivity index (χ3v) is 12.1. The Labute approximate surface area is 212 Å². The van der Waals surface area contributed by atoms with Gasteiger partial charge in [0, 0.05) is 19.4 Å². The first-order valence-corrected chi connectivity index (χ1v) is 14.6. The maximum absolute atomic E-state index is 10.4. The van der Waals surface area contributed by atoms with Crippen LogP contribution in [-0.4, -0.2) is 36.2 Å². The van der Waals surface area contributed by atoms with Crippen LogP contribution in [0.2, 0.25) is 0 Å². The Morgan fingerprint density at radius 3 is 2.69 bits per heavy atom. The second-order valence-electron chi connectivity index (χ2n) is 14.2. The summed E-state index contributed by atoms with van der Waals surface area (Å²) in [6, 6.07) is 0. The number of allylic oxidation sites excluding steroid dienone is 4. The van der Waals surface area contributed by atoms with Gasteiger partial charge in [0.25, 0.3) is 0 Å². The highest BCUT2D eigenvalue weighted by molar-refractivity contribution is 5.80. The number of hydrogen-bond donors (Lipinski definition) is 2. The van der Waals surface area contributed by atoms with E-state index in [2.05, 4.69) is 44.5 Å². The van der Waals surface area contributed by atoms with E-state index in [-0.39, 0.29) is 17.4 Å². The topological polar surface area (TPSA) is 52.8 Å². The molecule has 4 fully saturated rings. The average molecular weight is 478 g/mol. The number of aliphatic hydroxyl groups is 2.